The van der Waals surface area contributed by atoms with Gasteiger partial charge in [-0.3, -0.25) is 0 Å². The quantitative estimate of drug-likeness (QED) is 0.777. The Morgan fingerprint density at radius 2 is 2.31 bits per heavy atom. The molecule has 1 aromatic heterocycles. The second-order valence-corrected chi connectivity index (χ2v) is 2.95. The zero-order valence-electron chi connectivity index (χ0n) is 7.43. The first-order chi connectivity index (χ1) is 5.38. The zero-order chi connectivity index (χ0) is 7.68. The van der Waals surface area contributed by atoms with E-state index in [0.29, 0.717) is 6.04 Å². The van der Waals surface area contributed by atoms with Crippen molar-refractivity contribution in [3.8, 4) is 0 Å². The van der Waals surface area contributed by atoms with Crippen LogP contribution in [0.3, 0.4) is 0 Å². The summed E-state index contributed by atoms with van der Waals surface area (Å²) in [6.07, 6.45) is 4.18. The smallest absolute Gasteiger partial charge is 0.149 e. The summed E-state index contributed by atoms with van der Waals surface area (Å²) in [7, 11) is 1.98. The van der Waals surface area contributed by atoms with Crippen LogP contribution in [0.5, 0.6) is 0 Å². The second kappa shape index (κ2) is 5.42. The molecule has 0 aromatic carbocycles. The van der Waals surface area contributed by atoms with Gasteiger partial charge in [-0.05, 0) is 19.4 Å². The zero-order valence-corrected chi connectivity index (χ0v) is 9.07. The molecule has 13 heavy (non-hydrogen) atoms. The van der Waals surface area contributed by atoms with E-state index in [-0.39, 0.29) is 24.8 Å². The fourth-order valence-corrected chi connectivity index (χ4v) is 1.51. The predicted molar refractivity (Wildman–Crippen MR) is 55.5 cm³/mol. The van der Waals surface area contributed by atoms with E-state index >= 15 is 0 Å². The Morgan fingerprint density at radius 3 is 2.77 bits per heavy atom. The standard InChI is InChI=1S/C7H12N4.2ClH/c1-11-5-9-10-7(11)6-3-2-4-8-6;;/h5-6,8H,2-4H2,1H3;2*1H/t6-;;/m1../s1. The highest BCUT2D eigenvalue weighted by molar-refractivity contribution is 5.85. The summed E-state index contributed by atoms with van der Waals surface area (Å²) in [4.78, 5) is 0. The maximum Gasteiger partial charge on any atom is 0.149 e. The van der Waals surface area contributed by atoms with Gasteiger partial charge in [-0.15, -0.1) is 35.0 Å². The lowest BCUT2D eigenvalue weighted by molar-refractivity contribution is 0.577. The lowest BCUT2D eigenvalue weighted by atomic mass is 10.2. The monoisotopic (exact) mass is 224 g/mol. The van der Waals surface area contributed by atoms with E-state index in [4.69, 9.17) is 0 Å². The van der Waals surface area contributed by atoms with Crippen LogP contribution >= 0.6 is 24.8 Å². The molecule has 0 saturated carbocycles. The van der Waals surface area contributed by atoms with Gasteiger partial charge in [0, 0.05) is 7.05 Å². The summed E-state index contributed by atoms with van der Waals surface area (Å²) < 4.78 is 1.98. The first kappa shape index (κ1) is 12.7. The molecule has 0 unspecified atom stereocenters. The Hall–Kier alpha value is -0.320. The molecule has 2 heterocycles. The van der Waals surface area contributed by atoms with Crippen LogP contribution in [0.4, 0.5) is 0 Å². The van der Waals surface area contributed by atoms with Gasteiger partial charge in [-0.1, -0.05) is 0 Å². The second-order valence-electron chi connectivity index (χ2n) is 2.95. The van der Waals surface area contributed by atoms with Crippen LogP contribution in [-0.4, -0.2) is 21.3 Å². The van der Waals surface area contributed by atoms with Gasteiger partial charge in [0.05, 0.1) is 6.04 Å². The van der Waals surface area contributed by atoms with Gasteiger partial charge in [0.1, 0.15) is 12.2 Å². The van der Waals surface area contributed by atoms with Gasteiger partial charge in [0.15, 0.2) is 0 Å². The maximum absolute atomic E-state index is 4.05. The van der Waals surface area contributed by atoms with Crippen molar-refractivity contribution in [1.82, 2.24) is 20.1 Å². The number of halogens is 2. The highest BCUT2D eigenvalue weighted by atomic mass is 35.5. The van der Waals surface area contributed by atoms with Crippen molar-refractivity contribution in [3.05, 3.63) is 12.2 Å². The van der Waals surface area contributed by atoms with E-state index in [1.54, 1.807) is 6.33 Å². The topological polar surface area (TPSA) is 42.7 Å². The van der Waals surface area contributed by atoms with Gasteiger partial charge in [0.2, 0.25) is 0 Å². The molecule has 2 rings (SSSR count). The van der Waals surface area contributed by atoms with E-state index in [2.05, 4.69) is 15.5 Å². The summed E-state index contributed by atoms with van der Waals surface area (Å²) in [5.41, 5.74) is 0. The molecule has 0 aliphatic carbocycles. The Balaban J connectivity index is 0.000000720. The van der Waals surface area contributed by atoms with Crippen LogP contribution in [0.2, 0.25) is 0 Å². The summed E-state index contributed by atoms with van der Waals surface area (Å²) in [6, 6.07) is 0.433. The van der Waals surface area contributed by atoms with Gasteiger partial charge in [-0.2, -0.15) is 0 Å². The summed E-state index contributed by atoms with van der Waals surface area (Å²) in [5.74, 6) is 1.06. The third kappa shape index (κ3) is 2.56. The van der Waals surface area contributed by atoms with Gasteiger partial charge >= 0.3 is 0 Å². The van der Waals surface area contributed by atoms with E-state index < -0.39 is 0 Å². The van der Waals surface area contributed by atoms with Crippen molar-refractivity contribution in [2.45, 2.75) is 18.9 Å². The molecule has 1 aliphatic heterocycles. The Labute approximate surface area is 89.9 Å². The van der Waals surface area contributed by atoms with Crippen LogP contribution < -0.4 is 5.32 Å². The summed E-state index contributed by atoms with van der Waals surface area (Å²) in [6.45, 7) is 1.11. The molecule has 0 amide bonds. The fourth-order valence-electron chi connectivity index (χ4n) is 1.51. The average molecular weight is 225 g/mol. The molecule has 1 atom stereocenters. The van der Waals surface area contributed by atoms with Crippen LogP contribution in [0.1, 0.15) is 24.7 Å². The van der Waals surface area contributed by atoms with Crippen LogP contribution in [-0.2, 0) is 7.05 Å². The molecule has 1 aliphatic rings. The number of hydrogen-bond acceptors (Lipinski definition) is 3. The third-order valence-corrected chi connectivity index (χ3v) is 2.12. The molecule has 1 N–H and O–H groups in total. The third-order valence-electron chi connectivity index (χ3n) is 2.12. The molecule has 1 saturated heterocycles. The molecule has 0 radical (unpaired) electrons. The van der Waals surface area contributed by atoms with Gasteiger partial charge in [-0.25, -0.2) is 0 Å². The minimum absolute atomic E-state index is 0. The Morgan fingerprint density at radius 1 is 1.54 bits per heavy atom. The van der Waals surface area contributed by atoms with E-state index in [1.807, 2.05) is 11.6 Å². The van der Waals surface area contributed by atoms with Gasteiger partial charge < -0.3 is 9.88 Å². The lowest BCUT2D eigenvalue weighted by Crippen LogP contribution is -2.16. The van der Waals surface area contributed by atoms with Gasteiger partial charge in [0.25, 0.3) is 0 Å². The largest absolute Gasteiger partial charge is 0.319 e. The molecular weight excluding hydrogens is 211 g/mol. The maximum atomic E-state index is 4.05. The summed E-state index contributed by atoms with van der Waals surface area (Å²) in [5, 5.41) is 11.3. The predicted octanol–water partition coefficient (Wildman–Crippen LogP) is 1.08. The molecule has 76 valence electrons. The van der Waals surface area contributed by atoms with Crippen molar-refractivity contribution in [3.63, 3.8) is 0 Å². The molecule has 1 aromatic rings. The lowest BCUT2D eigenvalue weighted by Gasteiger charge is -2.07. The number of nitrogens with zero attached hydrogens (tertiary/aromatic N) is 3. The minimum Gasteiger partial charge on any atom is -0.319 e. The fraction of sp³-hybridized carbons (Fsp3) is 0.714. The number of rotatable bonds is 1. The SMILES string of the molecule is Cl.Cl.Cn1cnnc1[C@H]1CCCN1. The first-order valence-electron chi connectivity index (χ1n) is 3.95. The Kier molecular flexibility index (Phi) is 5.29. The minimum atomic E-state index is 0. The van der Waals surface area contributed by atoms with Crippen molar-refractivity contribution < 1.29 is 0 Å². The summed E-state index contributed by atoms with van der Waals surface area (Å²) >= 11 is 0. The van der Waals surface area contributed by atoms with Crippen LogP contribution in [0.15, 0.2) is 6.33 Å². The number of aryl methyl sites for hydroxylation is 1. The molecule has 0 bridgehead atoms. The highest BCUT2D eigenvalue weighted by Crippen LogP contribution is 2.19. The first-order valence-corrected chi connectivity index (χ1v) is 3.95. The molecular formula is C7H14Cl2N4. The van der Waals surface area contributed by atoms with Crippen molar-refractivity contribution in [2.75, 3.05) is 6.54 Å². The number of hydrogen-bond donors (Lipinski definition) is 1. The normalized spacial score (nSPS) is 20.5. The molecule has 0 spiro atoms. The number of aromatic nitrogens is 3. The van der Waals surface area contributed by atoms with Crippen LogP contribution in [0, 0.1) is 0 Å². The highest BCUT2D eigenvalue weighted by Gasteiger charge is 2.19. The van der Waals surface area contributed by atoms with Crippen LogP contribution in [0.25, 0.3) is 0 Å². The Bertz CT molecular complexity index is 244. The van der Waals surface area contributed by atoms with Crippen molar-refractivity contribution in [2.24, 2.45) is 7.05 Å². The molecule has 1 fully saturated rings. The van der Waals surface area contributed by atoms with Crippen molar-refractivity contribution in [1.29, 1.82) is 0 Å². The average Bonchev–Trinajstić information content (AvgIpc) is 2.55. The number of nitrogens with one attached hydrogen (secondary N) is 1. The van der Waals surface area contributed by atoms with E-state index in [9.17, 15) is 0 Å². The van der Waals surface area contributed by atoms with E-state index in [0.717, 1.165) is 12.4 Å². The van der Waals surface area contributed by atoms with Crippen molar-refractivity contribution >= 4 is 24.8 Å². The molecule has 4 nitrogen and oxygen atoms in total. The van der Waals surface area contributed by atoms with E-state index in [1.165, 1.54) is 12.8 Å². The molecule has 6 heteroatoms.